The van der Waals surface area contributed by atoms with Crippen LogP contribution in [-0.2, 0) is 0 Å². The molecule has 19 heavy (non-hydrogen) atoms. The van der Waals surface area contributed by atoms with Gasteiger partial charge in [-0.05, 0) is 42.3 Å². The molecule has 0 unspecified atom stereocenters. The molecule has 0 heterocycles. The minimum absolute atomic E-state index is 0.263. The van der Waals surface area contributed by atoms with Crippen molar-refractivity contribution in [3.05, 3.63) is 59.1 Å². The van der Waals surface area contributed by atoms with Crippen molar-refractivity contribution < 1.29 is 4.39 Å². The van der Waals surface area contributed by atoms with Crippen molar-refractivity contribution in [1.82, 2.24) is 0 Å². The van der Waals surface area contributed by atoms with Crippen LogP contribution < -0.4 is 5.73 Å². The lowest BCUT2D eigenvalue weighted by molar-refractivity contribution is 0.440. The third-order valence-corrected chi connectivity index (χ3v) is 4.13. The molecule has 2 aromatic carbocycles. The summed E-state index contributed by atoms with van der Waals surface area (Å²) < 4.78 is 12.4. The van der Waals surface area contributed by atoms with Gasteiger partial charge >= 0.3 is 0 Å². The Labute approximate surface area is 122 Å². The molecule has 0 aliphatic carbocycles. The molecule has 2 aromatic rings. The molecular weight excluding hydrogens is 281 g/mol. The van der Waals surface area contributed by atoms with Crippen LogP contribution in [0.5, 0.6) is 0 Å². The number of nitrogens with two attached hydrogens (primary N) is 1. The molecule has 0 spiro atoms. The first-order chi connectivity index (χ1) is 9.20. The molecule has 100 valence electrons. The van der Waals surface area contributed by atoms with Crippen LogP contribution in [0.4, 0.5) is 4.39 Å². The fraction of sp³-hybridized carbons (Fsp3) is 0.200. The lowest BCUT2D eigenvalue weighted by Crippen LogP contribution is -2.11. The quantitative estimate of drug-likeness (QED) is 0.853. The molecule has 0 radical (unpaired) electrons. The monoisotopic (exact) mass is 295 g/mol. The van der Waals surface area contributed by atoms with Gasteiger partial charge in [0.05, 0.1) is 6.67 Å². The zero-order valence-electron chi connectivity index (χ0n) is 10.4. The average molecular weight is 296 g/mol. The lowest BCUT2D eigenvalue weighted by Gasteiger charge is -2.14. The summed E-state index contributed by atoms with van der Waals surface area (Å²) in [6.45, 7) is -0.402. The first-order valence-electron chi connectivity index (χ1n) is 6.04. The van der Waals surface area contributed by atoms with E-state index in [4.69, 9.17) is 17.3 Å². The predicted molar refractivity (Wildman–Crippen MR) is 79.5 cm³/mol. The predicted octanol–water partition coefficient (Wildman–Crippen LogP) is 4.85. The van der Waals surface area contributed by atoms with Gasteiger partial charge in [-0.15, -0.1) is 0 Å². The Balaban J connectivity index is 2.22. The van der Waals surface area contributed by atoms with Gasteiger partial charge in [-0.1, -0.05) is 41.6 Å². The van der Waals surface area contributed by atoms with E-state index in [9.17, 15) is 4.39 Å². The largest absolute Gasteiger partial charge is 0.324 e. The van der Waals surface area contributed by atoms with Crippen LogP contribution >= 0.6 is 23.4 Å². The van der Waals surface area contributed by atoms with E-state index in [0.717, 1.165) is 15.4 Å². The van der Waals surface area contributed by atoms with Gasteiger partial charge in [0, 0.05) is 20.9 Å². The molecule has 4 heteroatoms. The van der Waals surface area contributed by atoms with Crippen molar-refractivity contribution in [3.63, 3.8) is 0 Å². The normalized spacial score (nSPS) is 12.4. The first-order valence-corrected chi connectivity index (χ1v) is 7.24. The highest BCUT2D eigenvalue weighted by Crippen LogP contribution is 2.33. The van der Waals surface area contributed by atoms with Gasteiger partial charge in [0.2, 0.25) is 0 Å². The Morgan fingerprint density at radius 2 is 1.79 bits per heavy atom. The highest BCUT2D eigenvalue weighted by atomic mass is 35.5. The second-order valence-corrected chi connectivity index (χ2v) is 5.73. The van der Waals surface area contributed by atoms with Crippen LogP contribution in [0.3, 0.4) is 0 Å². The molecule has 0 fully saturated rings. The number of alkyl halides is 1. The molecule has 0 aromatic heterocycles. The lowest BCUT2D eigenvalue weighted by atomic mass is 10.1. The van der Waals surface area contributed by atoms with Gasteiger partial charge in [0.15, 0.2) is 0 Å². The summed E-state index contributed by atoms with van der Waals surface area (Å²) in [4.78, 5) is 2.15. The van der Waals surface area contributed by atoms with Crippen molar-refractivity contribution in [2.24, 2.45) is 5.73 Å². The molecule has 2 N–H and O–H groups in total. The summed E-state index contributed by atoms with van der Waals surface area (Å²) >= 11 is 7.48. The summed E-state index contributed by atoms with van der Waals surface area (Å²) in [5, 5.41) is 0.715. The van der Waals surface area contributed by atoms with Gasteiger partial charge in [-0.3, -0.25) is 4.39 Å². The Kier molecular flexibility index (Phi) is 5.25. The topological polar surface area (TPSA) is 26.0 Å². The Bertz CT molecular complexity index is 530. The van der Waals surface area contributed by atoms with E-state index < -0.39 is 6.67 Å². The number of hydrogen-bond donors (Lipinski definition) is 1. The van der Waals surface area contributed by atoms with E-state index in [1.54, 1.807) is 11.8 Å². The summed E-state index contributed by atoms with van der Waals surface area (Å²) in [6, 6.07) is 15.2. The molecule has 0 bridgehead atoms. The minimum atomic E-state index is -0.402. The minimum Gasteiger partial charge on any atom is -0.324 e. The van der Waals surface area contributed by atoms with Crippen LogP contribution in [0.2, 0.25) is 5.02 Å². The van der Waals surface area contributed by atoms with Crippen LogP contribution in [0, 0.1) is 0 Å². The highest BCUT2D eigenvalue weighted by Gasteiger charge is 2.11. The van der Waals surface area contributed by atoms with Gasteiger partial charge in [-0.2, -0.15) is 0 Å². The highest BCUT2D eigenvalue weighted by molar-refractivity contribution is 7.99. The van der Waals surface area contributed by atoms with Crippen LogP contribution in [0.15, 0.2) is 58.3 Å². The van der Waals surface area contributed by atoms with Crippen molar-refractivity contribution in [3.8, 4) is 0 Å². The smallest absolute Gasteiger partial charge is 0.0912 e. The van der Waals surface area contributed by atoms with Crippen LogP contribution in [0.1, 0.15) is 18.0 Å². The van der Waals surface area contributed by atoms with Crippen molar-refractivity contribution in [1.29, 1.82) is 0 Å². The third kappa shape index (κ3) is 3.96. The van der Waals surface area contributed by atoms with E-state index >= 15 is 0 Å². The SMILES string of the molecule is N[C@H](CCF)c1ccccc1Sc1ccc(Cl)cc1. The number of benzene rings is 2. The maximum atomic E-state index is 12.4. The second-order valence-electron chi connectivity index (χ2n) is 4.18. The Morgan fingerprint density at radius 1 is 1.11 bits per heavy atom. The number of rotatable bonds is 5. The summed E-state index contributed by atoms with van der Waals surface area (Å²) in [6.07, 6.45) is 0.345. The van der Waals surface area contributed by atoms with Gasteiger partial charge < -0.3 is 5.73 Å². The summed E-state index contributed by atoms with van der Waals surface area (Å²) in [5.74, 6) is 0. The number of hydrogen-bond acceptors (Lipinski definition) is 2. The van der Waals surface area contributed by atoms with Gasteiger partial charge in [-0.25, -0.2) is 0 Å². The molecule has 0 saturated carbocycles. The van der Waals surface area contributed by atoms with E-state index in [-0.39, 0.29) is 6.04 Å². The fourth-order valence-corrected chi connectivity index (χ4v) is 2.92. The molecule has 2 rings (SSSR count). The zero-order chi connectivity index (χ0) is 13.7. The molecular formula is C15H15ClFNS. The number of halogens is 2. The van der Waals surface area contributed by atoms with Crippen molar-refractivity contribution >= 4 is 23.4 Å². The summed E-state index contributed by atoms with van der Waals surface area (Å²) in [7, 11) is 0. The van der Waals surface area contributed by atoms with Gasteiger partial charge in [0.25, 0.3) is 0 Å². The second kappa shape index (κ2) is 6.94. The van der Waals surface area contributed by atoms with Crippen LogP contribution in [-0.4, -0.2) is 6.67 Å². The van der Waals surface area contributed by atoms with E-state index in [2.05, 4.69) is 0 Å². The third-order valence-electron chi connectivity index (χ3n) is 2.78. The van der Waals surface area contributed by atoms with Gasteiger partial charge in [0.1, 0.15) is 0 Å². The maximum Gasteiger partial charge on any atom is 0.0912 e. The Hall–Kier alpha value is -1.03. The van der Waals surface area contributed by atoms with E-state index in [1.165, 1.54) is 0 Å². The van der Waals surface area contributed by atoms with E-state index in [1.807, 2.05) is 48.5 Å². The average Bonchev–Trinajstić information content (AvgIpc) is 2.42. The molecule has 0 aliphatic heterocycles. The summed E-state index contributed by atoms with van der Waals surface area (Å²) in [5.41, 5.74) is 7.00. The first kappa shape index (κ1) is 14.4. The van der Waals surface area contributed by atoms with Crippen molar-refractivity contribution in [2.75, 3.05) is 6.67 Å². The molecule has 1 atom stereocenters. The van der Waals surface area contributed by atoms with Crippen molar-refractivity contribution in [2.45, 2.75) is 22.3 Å². The zero-order valence-corrected chi connectivity index (χ0v) is 11.9. The molecule has 1 nitrogen and oxygen atoms in total. The molecule has 0 amide bonds. The van der Waals surface area contributed by atoms with E-state index in [0.29, 0.717) is 11.4 Å². The van der Waals surface area contributed by atoms with Crippen LogP contribution in [0.25, 0.3) is 0 Å². The molecule has 0 saturated heterocycles. The fourth-order valence-electron chi connectivity index (χ4n) is 1.78. The Morgan fingerprint density at radius 3 is 2.47 bits per heavy atom. The molecule has 0 aliphatic rings. The standard InChI is InChI=1S/C15H15ClFNS/c16-11-5-7-12(8-6-11)19-15-4-2-1-3-13(15)14(18)9-10-17/h1-8,14H,9-10,18H2/t14-/m1/s1. The maximum absolute atomic E-state index is 12.4.